The number of thiazole rings is 1. The van der Waals surface area contributed by atoms with Crippen molar-refractivity contribution in [2.75, 3.05) is 0 Å². The van der Waals surface area contributed by atoms with Crippen LogP contribution in [0.3, 0.4) is 0 Å². The molecule has 0 saturated heterocycles. The molecule has 0 aromatic carbocycles. The minimum atomic E-state index is 0.266. The largest absolute Gasteiger partial charge is 0.328 e. The summed E-state index contributed by atoms with van der Waals surface area (Å²) in [6.07, 6.45) is 3.02. The third-order valence-electron chi connectivity index (χ3n) is 2.45. The Kier molecular flexibility index (Phi) is 3.88. The van der Waals surface area contributed by atoms with Crippen LogP contribution in [0, 0.1) is 11.8 Å². The molecule has 1 heterocycles. The van der Waals surface area contributed by atoms with Gasteiger partial charge in [0.15, 0.2) is 0 Å². The summed E-state index contributed by atoms with van der Waals surface area (Å²) in [6, 6.07) is 0.266. The predicted octanol–water partition coefficient (Wildman–Crippen LogP) is 2.31. The van der Waals surface area contributed by atoms with E-state index in [4.69, 9.17) is 5.73 Å². The summed E-state index contributed by atoms with van der Waals surface area (Å²) in [6.45, 7) is 6.55. The van der Waals surface area contributed by atoms with E-state index in [1.54, 1.807) is 11.3 Å². The monoisotopic (exact) mass is 198 g/mol. The fraction of sp³-hybridized carbons (Fsp3) is 0.700. The van der Waals surface area contributed by atoms with Gasteiger partial charge in [0.2, 0.25) is 0 Å². The zero-order chi connectivity index (χ0) is 9.84. The smallest absolute Gasteiger partial charge is 0.0794 e. The Morgan fingerprint density at radius 3 is 2.54 bits per heavy atom. The van der Waals surface area contributed by atoms with Crippen molar-refractivity contribution in [1.29, 1.82) is 0 Å². The molecular formula is C10H18N2S. The van der Waals surface area contributed by atoms with Crippen LogP contribution < -0.4 is 5.73 Å². The Bertz CT molecular complexity index is 221. The molecule has 1 aromatic heterocycles. The van der Waals surface area contributed by atoms with Gasteiger partial charge in [0.1, 0.15) is 0 Å². The molecule has 0 fully saturated rings. The lowest BCUT2D eigenvalue weighted by Crippen LogP contribution is -2.31. The van der Waals surface area contributed by atoms with Crippen molar-refractivity contribution in [2.45, 2.75) is 33.2 Å². The average Bonchev–Trinajstić information content (AvgIpc) is 2.50. The molecule has 0 aliphatic heterocycles. The van der Waals surface area contributed by atoms with Gasteiger partial charge >= 0.3 is 0 Å². The maximum atomic E-state index is 5.94. The summed E-state index contributed by atoms with van der Waals surface area (Å²) in [4.78, 5) is 5.42. The molecule has 2 N–H and O–H groups in total. The van der Waals surface area contributed by atoms with Crippen molar-refractivity contribution in [2.24, 2.45) is 17.6 Å². The van der Waals surface area contributed by atoms with Crippen LogP contribution in [0.25, 0.3) is 0 Å². The van der Waals surface area contributed by atoms with Gasteiger partial charge in [0.25, 0.3) is 0 Å². The Hall–Kier alpha value is -0.410. The molecule has 0 amide bonds. The van der Waals surface area contributed by atoms with E-state index in [2.05, 4.69) is 25.8 Å². The van der Waals surface area contributed by atoms with Gasteiger partial charge in [-0.3, -0.25) is 4.98 Å². The Morgan fingerprint density at radius 1 is 1.46 bits per heavy atom. The molecule has 1 aromatic rings. The van der Waals surface area contributed by atoms with Gasteiger partial charge in [-0.25, -0.2) is 0 Å². The van der Waals surface area contributed by atoms with Crippen molar-refractivity contribution in [3.63, 3.8) is 0 Å². The van der Waals surface area contributed by atoms with Gasteiger partial charge in [-0.1, -0.05) is 13.8 Å². The van der Waals surface area contributed by atoms with E-state index in [1.807, 2.05) is 11.7 Å². The van der Waals surface area contributed by atoms with Gasteiger partial charge in [-0.05, 0) is 25.2 Å². The van der Waals surface area contributed by atoms with Crippen LogP contribution in [-0.4, -0.2) is 11.0 Å². The van der Waals surface area contributed by atoms with Gasteiger partial charge in [0.05, 0.1) is 5.51 Å². The Balaban J connectivity index is 2.58. The third-order valence-corrected chi connectivity index (χ3v) is 3.25. The predicted molar refractivity (Wildman–Crippen MR) is 57.8 cm³/mol. The lowest BCUT2D eigenvalue weighted by molar-refractivity contribution is 0.331. The number of aromatic nitrogens is 1. The number of nitrogens with zero attached hydrogens (tertiary/aromatic N) is 1. The zero-order valence-electron chi connectivity index (χ0n) is 8.53. The molecule has 0 bridgehead atoms. The van der Waals surface area contributed by atoms with E-state index in [-0.39, 0.29) is 6.04 Å². The van der Waals surface area contributed by atoms with Crippen molar-refractivity contribution >= 4 is 11.3 Å². The molecule has 2 atom stereocenters. The average molecular weight is 198 g/mol. The van der Waals surface area contributed by atoms with E-state index >= 15 is 0 Å². The topological polar surface area (TPSA) is 38.9 Å². The molecule has 1 rings (SSSR count). The molecule has 13 heavy (non-hydrogen) atoms. The van der Waals surface area contributed by atoms with Crippen LogP contribution >= 0.6 is 11.3 Å². The van der Waals surface area contributed by atoms with Gasteiger partial charge < -0.3 is 5.73 Å². The molecule has 0 spiro atoms. The molecule has 0 saturated carbocycles. The van der Waals surface area contributed by atoms with E-state index in [0.717, 1.165) is 6.42 Å². The van der Waals surface area contributed by atoms with Crippen LogP contribution in [0.1, 0.15) is 25.6 Å². The van der Waals surface area contributed by atoms with Crippen LogP contribution in [0.5, 0.6) is 0 Å². The highest BCUT2D eigenvalue weighted by Gasteiger charge is 2.18. The second kappa shape index (κ2) is 4.72. The molecule has 2 unspecified atom stereocenters. The highest BCUT2D eigenvalue weighted by Crippen LogP contribution is 2.21. The minimum Gasteiger partial charge on any atom is -0.328 e. The molecule has 3 heteroatoms. The second-order valence-corrected chi connectivity index (χ2v) is 4.91. The van der Waals surface area contributed by atoms with Crippen LogP contribution in [0.15, 0.2) is 11.7 Å². The van der Waals surface area contributed by atoms with Crippen molar-refractivity contribution in [3.8, 4) is 0 Å². The van der Waals surface area contributed by atoms with Crippen molar-refractivity contribution in [3.05, 3.63) is 16.6 Å². The SMILES string of the molecule is CC(C)C(Cc1cncs1)C(C)N. The van der Waals surface area contributed by atoms with E-state index < -0.39 is 0 Å². The number of rotatable bonds is 4. The second-order valence-electron chi connectivity index (χ2n) is 3.94. The Labute approximate surface area is 84.2 Å². The highest BCUT2D eigenvalue weighted by molar-refractivity contribution is 7.09. The number of hydrogen-bond acceptors (Lipinski definition) is 3. The molecule has 0 aliphatic carbocycles. The molecule has 2 nitrogen and oxygen atoms in total. The first-order valence-electron chi connectivity index (χ1n) is 4.74. The van der Waals surface area contributed by atoms with E-state index in [0.29, 0.717) is 11.8 Å². The first kappa shape index (κ1) is 10.7. The van der Waals surface area contributed by atoms with Crippen LogP contribution in [0.4, 0.5) is 0 Å². The Morgan fingerprint density at radius 2 is 2.15 bits per heavy atom. The lowest BCUT2D eigenvalue weighted by atomic mass is 9.86. The fourth-order valence-corrected chi connectivity index (χ4v) is 2.27. The molecule has 74 valence electrons. The first-order chi connectivity index (χ1) is 6.11. The summed E-state index contributed by atoms with van der Waals surface area (Å²) < 4.78 is 0. The summed E-state index contributed by atoms with van der Waals surface area (Å²) in [5.41, 5.74) is 7.82. The third kappa shape index (κ3) is 3.08. The van der Waals surface area contributed by atoms with Crippen molar-refractivity contribution in [1.82, 2.24) is 4.98 Å². The van der Waals surface area contributed by atoms with Gasteiger partial charge in [-0.2, -0.15) is 0 Å². The summed E-state index contributed by atoms with van der Waals surface area (Å²) in [5.74, 6) is 1.21. The fourth-order valence-electron chi connectivity index (χ4n) is 1.60. The first-order valence-corrected chi connectivity index (χ1v) is 5.62. The van der Waals surface area contributed by atoms with E-state index in [9.17, 15) is 0 Å². The summed E-state index contributed by atoms with van der Waals surface area (Å²) in [5, 5.41) is 0. The quantitative estimate of drug-likeness (QED) is 0.806. The molecule has 0 aliphatic rings. The van der Waals surface area contributed by atoms with Crippen LogP contribution in [-0.2, 0) is 6.42 Å². The summed E-state index contributed by atoms with van der Waals surface area (Å²) >= 11 is 1.72. The summed E-state index contributed by atoms with van der Waals surface area (Å²) in [7, 11) is 0. The maximum absolute atomic E-state index is 5.94. The highest BCUT2D eigenvalue weighted by atomic mass is 32.1. The molecular weight excluding hydrogens is 180 g/mol. The normalized spacial score (nSPS) is 16.1. The zero-order valence-corrected chi connectivity index (χ0v) is 9.34. The lowest BCUT2D eigenvalue weighted by Gasteiger charge is -2.23. The van der Waals surface area contributed by atoms with Gasteiger partial charge in [0, 0.05) is 17.1 Å². The standard InChI is InChI=1S/C10H18N2S/c1-7(2)10(8(3)11)4-9-5-12-6-13-9/h5-8,10H,4,11H2,1-3H3. The van der Waals surface area contributed by atoms with Crippen LogP contribution in [0.2, 0.25) is 0 Å². The minimum absolute atomic E-state index is 0.266. The van der Waals surface area contributed by atoms with Crippen molar-refractivity contribution < 1.29 is 0 Å². The van der Waals surface area contributed by atoms with E-state index in [1.165, 1.54) is 4.88 Å². The molecule has 0 radical (unpaired) electrons. The number of hydrogen-bond donors (Lipinski definition) is 1. The maximum Gasteiger partial charge on any atom is 0.0794 e. The number of nitrogens with two attached hydrogens (primary N) is 1. The van der Waals surface area contributed by atoms with Gasteiger partial charge in [-0.15, -0.1) is 11.3 Å².